The Labute approximate surface area is 119 Å². The molecular formula is C14H22N2O4. The highest BCUT2D eigenvalue weighted by Crippen LogP contribution is 2.38. The Hall–Kier alpha value is -1.98. The number of nitro benzene ring substituents is 1. The van der Waals surface area contributed by atoms with Crippen molar-refractivity contribution in [2.75, 3.05) is 19.5 Å². The average molecular weight is 282 g/mol. The van der Waals surface area contributed by atoms with Crippen molar-refractivity contribution in [3.05, 3.63) is 22.2 Å². The minimum Gasteiger partial charge on any atom is -0.493 e. The molecule has 1 N–H and O–H groups in total. The van der Waals surface area contributed by atoms with Crippen molar-refractivity contribution < 1.29 is 14.4 Å². The van der Waals surface area contributed by atoms with Gasteiger partial charge in [0.25, 0.3) is 5.69 Å². The fourth-order valence-corrected chi connectivity index (χ4v) is 2.07. The zero-order chi connectivity index (χ0) is 15.3. The fraction of sp³-hybridized carbons (Fsp3) is 0.571. The molecule has 6 heteroatoms. The van der Waals surface area contributed by atoms with Crippen molar-refractivity contribution in [2.45, 2.75) is 33.2 Å². The van der Waals surface area contributed by atoms with Gasteiger partial charge >= 0.3 is 0 Å². The highest BCUT2D eigenvalue weighted by atomic mass is 16.6. The molecule has 20 heavy (non-hydrogen) atoms. The molecule has 0 saturated heterocycles. The van der Waals surface area contributed by atoms with Crippen molar-refractivity contribution in [3.63, 3.8) is 0 Å². The molecule has 0 amide bonds. The predicted octanol–water partition coefficient (Wildman–Crippen LogP) is 3.46. The summed E-state index contributed by atoms with van der Waals surface area (Å²) < 4.78 is 10.3. The van der Waals surface area contributed by atoms with Crippen LogP contribution in [0.15, 0.2) is 12.1 Å². The largest absolute Gasteiger partial charge is 0.493 e. The van der Waals surface area contributed by atoms with Crippen LogP contribution in [0.25, 0.3) is 0 Å². The molecule has 6 nitrogen and oxygen atoms in total. The Morgan fingerprint density at radius 2 is 1.80 bits per heavy atom. The molecule has 1 aromatic carbocycles. The van der Waals surface area contributed by atoms with E-state index in [0.717, 1.165) is 6.42 Å². The van der Waals surface area contributed by atoms with E-state index in [4.69, 9.17) is 9.47 Å². The van der Waals surface area contributed by atoms with Gasteiger partial charge < -0.3 is 14.8 Å². The molecule has 1 aromatic rings. The first-order chi connectivity index (χ1) is 9.44. The van der Waals surface area contributed by atoms with E-state index in [0.29, 0.717) is 23.1 Å². The lowest BCUT2D eigenvalue weighted by Crippen LogP contribution is -2.25. The molecule has 1 rings (SSSR count). The summed E-state index contributed by atoms with van der Waals surface area (Å²) in [5, 5.41) is 14.4. The first-order valence-corrected chi connectivity index (χ1v) is 6.61. The van der Waals surface area contributed by atoms with E-state index in [1.165, 1.54) is 20.3 Å². The summed E-state index contributed by atoms with van der Waals surface area (Å²) in [5.74, 6) is 1.19. The van der Waals surface area contributed by atoms with E-state index >= 15 is 0 Å². The van der Waals surface area contributed by atoms with Gasteiger partial charge in [0.2, 0.25) is 0 Å². The van der Waals surface area contributed by atoms with E-state index in [1.807, 2.05) is 6.92 Å². The second kappa shape index (κ2) is 6.98. The molecule has 0 aliphatic carbocycles. The number of benzene rings is 1. The van der Waals surface area contributed by atoms with Gasteiger partial charge in [0.1, 0.15) is 5.69 Å². The van der Waals surface area contributed by atoms with Crippen LogP contribution in [-0.4, -0.2) is 25.2 Å². The van der Waals surface area contributed by atoms with Crippen molar-refractivity contribution in [1.29, 1.82) is 0 Å². The van der Waals surface area contributed by atoms with Crippen LogP contribution in [0.3, 0.4) is 0 Å². The molecule has 1 atom stereocenters. The number of ether oxygens (including phenoxy) is 2. The number of hydrogen-bond donors (Lipinski definition) is 1. The van der Waals surface area contributed by atoms with E-state index in [2.05, 4.69) is 19.2 Å². The van der Waals surface area contributed by atoms with Crippen LogP contribution in [0.1, 0.15) is 27.2 Å². The van der Waals surface area contributed by atoms with Crippen LogP contribution in [0.4, 0.5) is 11.4 Å². The SMILES string of the molecule is CCC(Nc1cc(OC)c(OC)cc1[N+](=O)[O-])C(C)C. The first-order valence-electron chi connectivity index (χ1n) is 6.61. The lowest BCUT2D eigenvalue weighted by atomic mass is 10.0. The number of nitro groups is 1. The molecular weight excluding hydrogens is 260 g/mol. The summed E-state index contributed by atoms with van der Waals surface area (Å²) in [7, 11) is 2.96. The Bertz CT molecular complexity index is 474. The number of methoxy groups -OCH3 is 2. The molecule has 0 heterocycles. The molecule has 1 unspecified atom stereocenters. The summed E-state index contributed by atoms with van der Waals surface area (Å²) in [6, 6.07) is 3.16. The van der Waals surface area contributed by atoms with E-state index in [9.17, 15) is 10.1 Å². The van der Waals surface area contributed by atoms with Gasteiger partial charge in [-0.25, -0.2) is 0 Å². The van der Waals surface area contributed by atoms with Gasteiger partial charge in [-0.3, -0.25) is 10.1 Å². The molecule has 0 aliphatic rings. The molecule has 112 valence electrons. The second-order valence-corrected chi connectivity index (χ2v) is 4.88. The number of hydrogen-bond acceptors (Lipinski definition) is 5. The van der Waals surface area contributed by atoms with Crippen molar-refractivity contribution in [1.82, 2.24) is 0 Å². The summed E-state index contributed by atoms with van der Waals surface area (Å²) in [6.07, 6.45) is 0.878. The third-order valence-corrected chi connectivity index (χ3v) is 3.28. The maximum absolute atomic E-state index is 11.2. The zero-order valence-electron chi connectivity index (χ0n) is 12.6. The van der Waals surface area contributed by atoms with Crippen LogP contribution in [-0.2, 0) is 0 Å². The van der Waals surface area contributed by atoms with Gasteiger partial charge in [-0.05, 0) is 12.3 Å². The topological polar surface area (TPSA) is 73.6 Å². The maximum Gasteiger partial charge on any atom is 0.296 e. The van der Waals surface area contributed by atoms with Crippen LogP contribution >= 0.6 is 0 Å². The summed E-state index contributed by atoms with van der Waals surface area (Å²) in [5.41, 5.74) is 0.440. The number of nitrogens with one attached hydrogen (secondary N) is 1. The number of nitrogens with zero attached hydrogens (tertiary/aromatic N) is 1. The lowest BCUT2D eigenvalue weighted by molar-refractivity contribution is -0.384. The van der Waals surface area contributed by atoms with Crippen LogP contribution in [0.5, 0.6) is 11.5 Å². The molecule has 0 aliphatic heterocycles. The van der Waals surface area contributed by atoms with E-state index in [-0.39, 0.29) is 11.7 Å². The Kier molecular flexibility index (Phi) is 5.61. The van der Waals surface area contributed by atoms with Crippen LogP contribution < -0.4 is 14.8 Å². The lowest BCUT2D eigenvalue weighted by Gasteiger charge is -2.22. The highest BCUT2D eigenvalue weighted by molar-refractivity contribution is 5.68. The Morgan fingerprint density at radius 3 is 2.20 bits per heavy atom. The standard InChI is InChI=1S/C14H22N2O4/c1-6-10(9(2)3)15-11-7-13(19-4)14(20-5)8-12(11)16(17)18/h7-10,15H,6H2,1-5H3. The maximum atomic E-state index is 11.2. The van der Waals surface area contributed by atoms with Crippen LogP contribution in [0.2, 0.25) is 0 Å². The van der Waals surface area contributed by atoms with E-state index in [1.54, 1.807) is 6.07 Å². The van der Waals surface area contributed by atoms with E-state index < -0.39 is 4.92 Å². The number of anilines is 1. The molecule has 0 fully saturated rings. The van der Waals surface area contributed by atoms with Gasteiger partial charge in [-0.15, -0.1) is 0 Å². The summed E-state index contributed by atoms with van der Waals surface area (Å²) in [6.45, 7) is 6.20. The van der Waals surface area contributed by atoms with Crippen molar-refractivity contribution >= 4 is 11.4 Å². The number of rotatable bonds is 7. The molecule has 0 saturated carbocycles. The molecule has 0 aromatic heterocycles. The third-order valence-electron chi connectivity index (χ3n) is 3.28. The van der Waals surface area contributed by atoms with Gasteiger partial charge in [0.05, 0.1) is 25.2 Å². The summed E-state index contributed by atoms with van der Waals surface area (Å²) in [4.78, 5) is 10.8. The Morgan fingerprint density at radius 1 is 1.25 bits per heavy atom. The zero-order valence-corrected chi connectivity index (χ0v) is 12.6. The minimum absolute atomic E-state index is 0.0123. The predicted molar refractivity (Wildman–Crippen MR) is 78.7 cm³/mol. The van der Waals surface area contributed by atoms with Gasteiger partial charge in [0, 0.05) is 12.1 Å². The third kappa shape index (κ3) is 3.53. The van der Waals surface area contributed by atoms with Crippen molar-refractivity contribution in [2.24, 2.45) is 5.92 Å². The van der Waals surface area contributed by atoms with Gasteiger partial charge in [-0.2, -0.15) is 0 Å². The van der Waals surface area contributed by atoms with Gasteiger partial charge in [-0.1, -0.05) is 20.8 Å². The first kappa shape index (κ1) is 16.1. The minimum atomic E-state index is -0.419. The smallest absolute Gasteiger partial charge is 0.296 e. The quantitative estimate of drug-likeness (QED) is 0.612. The average Bonchev–Trinajstić information content (AvgIpc) is 2.43. The normalized spacial score (nSPS) is 12.1. The molecule has 0 spiro atoms. The Balaban J connectivity index is 3.25. The van der Waals surface area contributed by atoms with Crippen LogP contribution in [0, 0.1) is 16.0 Å². The molecule has 0 bridgehead atoms. The highest BCUT2D eigenvalue weighted by Gasteiger charge is 2.22. The molecule has 0 radical (unpaired) electrons. The second-order valence-electron chi connectivity index (χ2n) is 4.88. The fourth-order valence-electron chi connectivity index (χ4n) is 2.07. The monoisotopic (exact) mass is 282 g/mol. The van der Waals surface area contributed by atoms with Gasteiger partial charge in [0.15, 0.2) is 11.5 Å². The van der Waals surface area contributed by atoms with Crippen molar-refractivity contribution in [3.8, 4) is 11.5 Å². The summed E-state index contributed by atoms with van der Waals surface area (Å²) >= 11 is 0.